The highest BCUT2D eigenvalue weighted by molar-refractivity contribution is 6.10. The summed E-state index contributed by atoms with van der Waals surface area (Å²) in [7, 11) is 0. The molecule has 2 aromatic carbocycles. The number of hydrogen-bond acceptors (Lipinski definition) is 3. The monoisotopic (exact) mass is 347 g/mol. The van der Waals surface area contributed by atoms with Gasteiger partial charge in [-0.25, -0.2) is 0 Å². The number of benzene rings is 2. The fourth-order valence-electron chi connectivity index (χ4n) is 2.74. The fourth-order valence-corrected chi connectivity index (χ4v) is 2.74. The number of aryl methyl sites for hydroxylation is 3. The van der Waals surface area contributed by atoms with E-state index in [1.165, 1.54) is 13.0 Å². The molecule has 0 unspecified atom stereocenters. The van der Waals surface area contributed by atoms with Crippen molar-refractivity contribution in [3.05, 3.63) is 64.2 Å². The van der Waals surface area contributed by atoms with Crippen LogP contribution in [0.15, 0.2) is 42.0 Å². The molecular weight excluding hydrogens is 326 g/mol. The maximum Gasteiger partial charge on any atom is 0.266 e. The number of carbonyl (C=O) groups is 2. The Bertz CT molecular complexity index is 896. The Labute approximate surface area is 153 Å². The summed E-state index contributed by atoms with van der Waals surface area (Å²) < 4.78 is 0. The fraction of sp³-hybridized carbons (Fsp3) is 0.190. The molecule has 0 aliphatic carbocycles. The largest absolute Gasteiger partial charge is 0.326 e. The molecule has 5 heteroatoms. The van der Waals surface area contributed by atoms with Crippen LogP contribution in [0.5, 0.6) is 0 Å². The van der Waals surface area contributed by atoms with E-state index in [0.29, 0.717) is 11.3 Å². The van der Waals surface area contributed by atoms with Crippen LogP contribution >= 0.6 is 0 Å². The summed E-state index contributed by atoms with van der Waals surface area (Å²) in [6, 6.07) is 12.8. The van der Waals surface area contributed by atoms with Crippen LogP contribution < -0.4 is 10.6 Å². The number of rotatable bonds is 4. The lowest BCUT2D eigenvalue weighted by Crippen LogP contribution is -2.15. The maximum atomic E-state index is 12.5. The molecule has 0 aliphatic rings. The quantitative estimate of drug-likeness (QED) is 0.645. The van der Waals surface area contributed by atoms with Crippen LogP contribution in [-0.4, -0.2) is 11.8 Å². The molecule has 0 spiro atoms. The zero-order valence-electron chi connectivity index (χ0n) is 15.3. The standard InChI is InChI=1S/C21H21N3O2/c1-13-9-14(2)20(15(3)10-13)24-21(26)18(12-22)11-17-5-7-19(8-6-17)23-16(4)25/h5-11H,1-4H3,(H,23,25)(H,24,26)/b18-11+. The summed E-state index contributed by atoms with van der Waals surface area (Å²) in [5.41, 5.74) is 5.11. The van der Waals surface area contributed by atoms with Gasteiger partial charge in [-0.1, -0.05) is 29.8 Å². The van der Waals surface area contributed by atoms with Gasteiger partial charge in [-0.2, -0.15) is 5.26 Å². The van der Waals surface area contributed by atoms with Gasteiger partial charge in [0.15, 0.2) is 0 Å². The predicted molar refractivity (Wildman–Crippen MR) is 104 cm³/mol. The number of hydrogen-bond donors (Lipinski definition) is 2. The highest BCUT2D eigenvalue weighted by atomic mass is 16.2. The van der Waals surface area contributed by atoms with Gasteiger partial charge in [0, 0.05) is 18.3 Å². The van der Waals surface area contributed by atoms with Gasteiger partial charge in [-0.15, -0.1) is 0 Å². The molecule has 0 saturated carbocycles. The minimum absolute atomic E-state index is 0.0108. The molecule has 0 radical (unpaired) electrons. The van der Waals surface area contributed by atoms with Crippen molar-refractivity contribution in [3.63, 3.8) is 0 Å². The second kappa shape index (κ2) is 8.13. The Morgan fingerprint density at radius 1 is 1.00 bits per heavy atom. The third kappa shape index (κ3) is 4.81. The van der Waals surface area contributed by atoms with Crippen molar-refractivity contribution in [2.24, 2.45) is 0 Å². The van der Waals surface area contributed by atoms with E-state index in [-0.39, 0.29) is 11.5 Å². The number of carbonyl (C=O) groups excluding carboxylic acids is 2. The zero-order chi connectivity index (χ0) is 19.3. The number of nitriles is 1. The average molecular weight is 347 g/mol. The van der Waals surface area contributed by atoms with Gasteiger partial charge in [0.1, 0.15) is 11.6 Å². The van der Waals surface area contributed by atoms with Gasteiger partial charge in [0.2, 0.25) is 5.91 Å². The van der Waals surface area contributed by atoms with E-state index in [1.54, 1.807) is 24.3 Å². The smallest absolute Gasteiger partial charge is 0.266 e. The normalized spacial score (nSPS) is 10.8. The molecule has 0 heterocycles. The summed E-state index contributed by atoms with van der Waals surface area (Å²) in [5, 5.41) is 14.9. The minimum atomic E-state index is -0.450. The van der Waals surface area contributed by atoms with E-state index < -0.39 is 5.91 Å². The maximum absolute atomic E-state index is 12.5. The van der Waals surface area contributed by atoms with E-state index in [0.717, 1.165) is 22.4 Å². The lowest BCUT2D eigenvalue weighted by Gasteiger charge is -2.12. The summed E-state index contributed by atoms with van der Waals surface area (Å²) >= 11 is 0. The molecule has 0 bridgehead atoms. The molecule has 0 aromatic heterocycles. The van der Waals surface area contributed by atoms with Crippen LogP contribution in [0.1, 0.15) is 29.2 Å². The van der Waals surface area contributed by atoms with Crippen molar-refractivity contribution < 1.29 is 9.59 Å². The van der Waals surface area contributed by atoms with E-state index in [9.17, 15) is 14.9 Å². The summed E-state index contributed by atoms with van der Waals surface area (Å²) in [6.07, 6.45) is 1.52. The molecule has 0 fully saturated rings. The van der Waals surface area contributed by atoms with E-state index in [2.05, 4.69) is 10.6 Å². The lowest BCUT2D eigenvalue weighted by molar-refractivity contribution is -0.114. The van der Waals surface area contributed by atoms with Crippen molar-refractivity contribution in [2.45, 2.75) is 27.7 Å². The van der Waals surface area contributed by atoms with Crippen molar-refractivity contribution in [3.8, 4) is 6.07 Å². The van der Waals surface area contributed by atoms with Crippen molar-refractivity contribution >= 4 is 29.3 Å². The van der Waals surface area contributed by atoms with Crippen LogP contribution in [0.2, 0.25) is 0 Å². The first kappa shape index (κ1) is 18.9. The van der Waals surface area contributed by atoms with Gasteiger partial charge in [0.25, 0.3) is 5.91 Å². The van der Waals surface area contributed by atoms with Crippen LogP contribution in [0, 0.1) is 32.1 Å². The van der Waals surface area contributed by atoms with E-state index in [4.69, 9.17) is 0 Å². The first-order valence-corrected chi connectivity index (χ1v) is 8.19. The molecule has 0 saturated heterocycles. The van der Waals surface area contributed by atoms with Crippen LogP contribution in [0.3, 0.4) is 0 Å². The van der Waals surface area contributed by atoms with Gasteiger partial charge >= 0.3 is 0 Å². The van der Waals surface area contributed by atoms with Crippen molar-refractivity contribution in [1.29, 1.82) is 5.26 Å². The zero-order valence-corrected chi connectivity index (χ0v) is 15.3. The Morgan fingerprint density at radius 3 is 2.08 bits per heavy atom. The van der Waals surface area contributed by atoms with E-state index in [1.807, 2.05) is 39.0 Å². The van der Waals surface area contributed by atoms with Crippen LogP contribution in [-0.2, 0) is 9.59 Å². The summed E-state index contributed by atoms with van der Waals surface area (Å²) in [6.45, 7) is 7.27. The first-order valence-electron chi connectivity index (χ1n) is 8.19. The molecule has 2 aromatic rings. The molecule has 0 aliphatic heterocycles. The SMILES string of the molecule is CC(=O)Nc1ccc(/C=C(\C#N)C(=O)Nc2c(C)cc(C)cc2C)cc1. The van der Waals surface area contributed by atoms with Gasteiger partial charge < -0.3 is 10.6 Å². The van der Waals surface area contributed by atoms with Crippen molar-refractivity contribution in [2.75, 3.05) is 10.6 Å². The number of nitrogens with one attached hydrogen (secondary N) is 2. The molecule has 5 nitrogen and oxygen atoms in total. The minimum Gasteiger partial charge on any atom is -0.326 e. The van der Waals surface area contributed by atoms with Gasteiger partial charge in [-0.05, 0) is 55.7 Å². The lowest BCUT2D eigenvalue weighted by atomic mass is 10.0. The Morgan fingerprint density at radius 2 is 1.58 bits per heavy atom. The number of nitrogens with zero attached hydrogens (tertiary/aromatic N) is 1. The molecule has 2 amide bonds. The third-order valence-corrected chi connectivity index (χ3v) is 3.82. The van der Waals surface area contributed by atoms with Crippen LogP contribution in [0.4, 0.5) is 11.4 Å². The molecule has 0 atom stereocenters. The van der Waals surface area contributed by atoms with Gasteiger partial charge in [-0.3, -0.25) is 9.59 Å². The molecule has 2 N–H and O–H groups in total. The molecule has 132 valence electrons. The number of anilines is 2. The summed E-state index contributed by atoms with van der Waals surface area (Å²) in [5.74, 6) is -0.609. The first-order chi connectivity index (χ1) is 12.3. The Hall–Kier alpha value is -3.39. The van der Waals surface area contributed by atoms with Crippen molar-refractivity contribution in [1.82, 2.24) is 0 Å². The summed E-state index contributed by atoms with van der Waals surface area (Å²) in [4.78, 5) is 23.5. The average Bonchev–Trinajstić information content (AvgIpc) is 2.56. The molecule has 2 rings (SSSR count). The predicted octanol–water partition coefficient (Wildman–Crippen LogP) is 4.12. The Kier molecular flexibility index (Phi) is 5.92. The van der Waals surface area contributed by atoms with E-state index >= 15 is 0 Å². The molecule has 26 heavy (non-hydrogen) atoms. The second-order valence-corrected chi connectivity index (χ2v) is 6.20. The second-order valence-electron chi connectivity index (χ2n) is 6.20. The highest BCUT2D eigenvalue weighted by Gasteiger charge is 2.13. The topological polar surface area (TPSA) is 82.0 Å². The van der Waals surface area contributed by atoms with Crippen LogP contribution in [0.25, 0.3) is 6.08 Å². The number of amides is 2. The molecular formula is C21H21N3O2. The van der Waals surface area contributed by atoms with Gasteiger partial charge in [0.05, 0.1) is 0 Å². The third-order valence-electron chi connectivity index (χ3n) is 3.82. The Balaban J connectivity index is 2.22. The highest BCUT2D eigenvalue weighted by Crippen LogP contribution is 2.23.